The molecule has 0 spiro atoms. The van der Waals surface area contributed by atoms with Gasteiger partial charge in [0.2, 0.25) is 32.5 Å². The number of benzene rings is 2. The monoisotopic (exact) mass is 445 g/mol. The van der Waals surface area contributed by atoms with Gasteiger partial charge in [-0.2, -0.15) is 4.98 Å². The Labute approximate surface area is 179 Å². The van der Waals surface area contributed by atoms with Gasteiger partial charge in [-0.1, -0.05) is 41.9 Å². The van der Waals surface area contributed by atoms with Crippen LogP contribution < -0.4 is 10.6 Å². The van der Waals surface area contributed by atoms with E-state index in [-0.39, 0.29) is 33.5 Å². The third-order valence-electron chi connectivity index (χ3n) is 5.18. The molecule has 2 aromatic carbocycles. The lowest BCUT2D eigenvalue weighted by Gasteiger charge is -2.30. The van der Waals surface area contributed by atoms with Crippen molar-refractivity contribution in [2.24, 2.45) is 11.7 Å². The second kappa shape index (κ2) is 8.12. The highest BCUT2D eigenvalue weighted by Gasteiger charge is 2.34. The summed E-state index contributed by atoms with van der Waals surface area (Å²) in [6.45, 7) is 0.865. The Balaban J connectivity index is 1.80. The number of oxazole rings is 1. The summed E-state index contributed by atoms with van der Waals surface area (Å²) in [5.41, 5.74) is 5.92. The Kier molecular flexibility index (Phi) is 5.53. The molecular weight excluding hydrogens is 426 g/mol. The fourth-order valence-corrected chi connectivity index (χ4v) is 5.06. The van der Waals surface area contributed by atoms with Crippen molar-refractivity contribution in [3.8, 4) is 11.5 Å². The van der Waals surface area contributed by atoms with Crippen molar-refractivity contribution in [3.05, 3.63) is 59.6 Å². The molecule has 4 rings (SSSR count). The number of nitrogens with two attached hydrogens (primary N) is 1. The first kappa shape index (κ1) is 20.4. The van der Waals surface area contributed by atoms with Crippen molar-refractivity contribution in [1.29, 1.82) is 0 Å². The van der Waals surface area contributed by atoms with Crippen molar-refractivity contribution in [2.75, 3.05) is 18.0 Å². The zero-order valence-electron chi connectivity index (χ0n) is 16.0. The average molecular weight is 446 g/mol. The van der Waals surface area contributed by atoms with E-state index in [4.69, 9.17) is 21.8 Å². The van der Waals surface area contributed by atoms with Crippen LogP contribution in [0.4, 0.5) is 5.88 Å². The number of sulfone groups is 1. The Morgan fingerprint density at radius 2 is 1.70 bits per heavy atom. The van der Waals surface area contributed by atoms with E-state index in [0.29, 0.717) is 36.5 Å². The number of piperidine rings is 1. The molecule has 0 unspecified atom stereocenters. The molecule has 1 aliphatic rings. The highest BCUT2D eigenvalue weighted by atomic mass is 35.5. The van der Waals surface area contributed by atoms with Gasteiger partial charge in [-0.25, -0.2) is 8.42 Å². The number of carbonyl (C=O) groups is 1. The normalized spacial score (nSPS) is 15.3. The highest BCUT2D eigenvalue weighted by Crippen LogP contribution is 2.38. The third kappa shape index (κ3) is 3.80. The van der Waals surface area contributed by atoms with Crippen LogP contribution in [0.15, 0.2) is 68.9 Å². The lowest BCUT2D eigenvalue weighted by molar-refractivity contribution is -0.122. The minimum atomic E-state index is -3.93. The molecule has 0 saturated carbocycles. The quantitative estimate of drug-likeness (QED) is 0.643. The first-order valence-corrected chi connectivity index (χ1v) is 11.3. The summed E-state index contributed by atoms with van der Waals surface area (Å²) < 4.78 is 32.6. The second-order valence-corrected chi connectivity index (χ2v) is 9.36. The van der Waals surface area contributed by atoms with E-state index in [0.717, 1.165) is 0 Å². The molecule has 1 aliphatic heterocycles. The molecule has 1 fully saturated rings. The number of rotatable bonds is 5. The minimum absolute atomic E-state index is 0.122. The van der Waals surface area contributed by atoms with Crippen LogP contribution in [0.3, 0.4) is 0 Å². The number of hydrogen-bond donors (Lipinski definition) is 1. The number of carbonyl (C=O) groups excluding carboxylic acids is 1. The van der Waals surface area contributed by atoms with Gasteiger partial charge in [-0.05, 0) is 37.1 Å². The van der Waals surface area contributed by atoms with Gasteiger partial charge in [-0.3, -0.25) is 4.79 Å². The molecule has 1 amide bonds. The molecule has 156 valence electrons. The van der Waals surface area contributed by atoms with Crippen molar-refractivity contribution >= 4 is 33.2 Å². The van der Waals surface area contributed by atoms with Crippen LogP contribution in [0.2, 0.25) is 5.02 Å². The van der Waals surface area contributed by atoms with Crippen LogP contribution in [-0.2, 0) is 14.6 Å². The van der Waals surface area contributed by atoms with E-state index in [1.54, 1.807) is 47.4 Å². The maximum Gasteiger partial charge on any atom is 0.236 e. The van der Waals surface area contributed by atoms with E-state index >= 15 is 0 Å². The van der Waals surface area contributed by atoms with E-state index in [1.807, 2.05) is 0 Å². The summed E-state index contributed by atoms with van der Waals surface area (Å²) in [5, 5.41) is 0.238. The first-order valence-electron chi connectivity index (χ1n) is 9.48. The molecule has 0 bridgehead atoms. The molecule has 2 N–H and O–H groups in total. The summed E-state index contributed by atoms with van der Waals surface area (Å²) in [6, 6.07) is 15.0. The van der Waals surface area contributed by atoms with Crippen LogP contribution in [-0.4, -0.2) is 32.4 Å². The molecule has 0 radical (unpaired) electrons. The van der Waals surface area contributed by atoms with Crippen LogP contribution in [0, 0.1) is 5.92 Å². The maximum atomic E-state index is 13.3. The van der Waals surface area contributed by atoms with Crippen molar-refractivity contribution < 1.29 is 17.6 Å². The standard InChI is InChI=1S/C21H20ClN3O4S/c22-17-9-5-4-8-16(17)19-24-20(30(27,28)15-6-2-1-3-7-15)21(29-19)25-12-10-14(11-13-25)18(23)26/h1-9,14H,10-13H2,(H2,23,26). The largest absolute Gasteiger partial charge is 0.419 e. The van der Waals surface area contributed by atoms with Crippen LogP contribution in [0.5, 0.6) is 0 Å². The predicted molar refractivity (Wildman–Crippen MR) is 113 cm³/mol. The Morgan fingerprint density at radius 1 is 1.07 bits per heavy atom. The fourth-order valence-electron chi connectivity index (χ4n) is 3.50. The molecule has 3 aromatic rings. The molecule has 2 heterocycles. The van der Waals surface area contributed by atoms with Gasteiger partial charge in [0.15, 0.2) is 0 Å². The lowest BCUT2D eigenvalue weighted by atomic mass is 9.96. The minimum Gasteiger partial charge on any atom is -0.419 e. The lowest BCUT2D eigenvalue weighted by Crippen LogP contribution is -2.38. The first-order chi connectivity index (χ1) is 14.4. The van der Waals surface area contributed by atoms with Gasteiger partial charge in [0.25, 0.3) is 0 Å². The van der Waals surface area contributed by atoms with Gasteiger partial charge in [0.1, 0.15) is 0 Å². The van der Waals surface area contributed by atoms with Gasteiger partial charge in [-0.15, -0.1) is 0 Å². The summed E-state index contributed by atoms with van der Waals surface area (Å²) in [4.78, 5) is 17.8. The number of aromatic nitrogens is 1. The molecule has 1 saturated heterocycles. The van der Waals surface area contributed by atoms with E-state index in [1.165, 1.54) is 12.1 Å². The molecule has 7 nitrogen and oxygen atoms in total. The van der Waals surface area contributed by atoms with Crippen LogP contribution >= 0.6 is 11.6 Å². The topological polar surface area (TPSA) is 106 Å². The summed E-state index contributed by atoms with van der Waals surface area (Å²) in [6.07, 6.45) is 1.03. The number of amides is 1. The van der Waals surface area contributed by atoms with Crippen LogP contribution in [0.25, 0.3) is 11.5 Å². The zero-order chi connectivity index (χ0) is 21.3. The van der Waals surface area contributed by atoms with Gasteiger partial charge in [0, 0.05) is 19.0 Å². The van der Waals surface area contributed by atoms with Gasteiger partial charge < -0.3 is 15.1 Å². The van der Waals surface area contributed by atoms with Crippen molar-refractivity contribution in [1.82, 2.24) is 4.98 Å². The maximum absolute atomic E-state index is 13.3. The molecule has 1 aromatic heterocycles. The van der Waals surface area contributed by atoms with E-state index in [2.05, 4.69) is 4.98 Å². The second-order valence-electron chi connectivity index (χ2n) is 7.09. The molecule has 9 heteroatoms. The molecule has 0 atom stereocenters. The van der Waals surface area contributed by atoms with Gasteiger partial charge in [0.05, 0.1) is 15.5 Å². The summed E-state index contributed by atoms with van der Waals surface area (Å²) in [5.74, 6) is -0.304. The Bertz CT molecular complexity index is 1170. The van der Waals surface area contributed by atoms with E-state index < -0.39 is 9.84 Å². The molecule has 30 heavy (non-hydrogen) atoms. The van der Waals surface area contributed by atoms with Crippen molar-refractivity contribution in [3.63, 3.8) is 0 Å². The number of anilines is 1. The number of primary amides is 1. The number of halogens is 1. The Hall–Kier alpha value is -2.84. The molecule has 0 aliphatic carbocycles. The smallest absolute Gasteiger partial charge is 0.236 e. The summed E-state index contributed by atoms with van der Waals surface area (Å²) in [7, 11) is -3.93. The average Bonchev–Trinajstić information content (AvgIpc) is 3.21. The Morgan fingerprint density at radius 3 is 2.33 bits per heavy atom. The SMILES string of the molecule is NC(=O)C1CCN(c2oc(-c3ccccc3Cl)nc2S(=O)(=O)c2ccccc2)CC1. The third-order valence-corrected chi connectivity index (χ3v) is 7.17. The zero-order valence-corrected chi connectivity index (χ0v) is 17.6. The highest BCUT2D eigenvalue weighted by molar-refractivity contribution is 7.91. The van der Waals surface area contributed by atoms with Gasteiger partial charge >= 0.3 is 0 Å². The van der Waals surface area contributed by atoms with E-state index in [9.17, 15) is 13.2 Å². The number of nitrogens with zero attached hydrogens (tertiary/aromatic N) is 2. The fraction of sp³-hybridized carbons (Fsp3) is 0.238. The molecular formula is C21H20ClN3O4S. The van der Waals surface area contributed by atoms with Crippen LogP contribution in [0.1, 0.15) is 12.8 Å². The van der Waals surface area contributed by atoms with Crippen molar-refractivity contribution in [2.45, 2.75) is 22.8 Å². The summed E-state index contributed by atoms with van der Waals surface area (Å²) >= 11 is 6.28. The predicted octanol–water partition coefficient (Wildman–Crippen LogP) is 3.53. The number of hydrogen-bond acceptors (Lipinski definition) is 6.